The lowest BCUT2D eigenvalue weighted by Crippen LogP contribution is -2.43. The standard InChI is InChI=1S/C28H31ClFN3O2/c1-16(2)31-27(34)13-19-10-18-11-22(35-23-14-20-5-6-21(15-23)33(20)3)7-9-26(18)32-28(19)17-4-8-25(30)24(29)12-17/h4,7-12,16,20-21,23H,5-6,13-15H2,1-3H3,(H,31,34). The first-order valence-corrected chi connectivity index (χ1v) is 12.7. The van der Waals surface area contributed by atoms with Crippen LogP contribution in [0.15, 0.2) is 42.5 Å². The molecule has 5 rings (SSSR count). The monoisotopic (exact) mass is 495 g/mol. The zero-order valence-electron chi connectivity index (χ0n) is 20.4. The first-order valence-electron chi connectivity index (χ1n) is 12.3. The maximum atomic E-state index is 13.8. The molecule has 3 heterocycles. The van der Waals surface area contributed by atoms with E-state index in [2.05, 4.69) is 17.3 Å². The molecule has 5 nitrogen and oxygen atoms in total. The number of hydrogen-bond acceptors (Lipinski definition) is 4. The van der Waals surface area contributed by atoms with Crippen molar-refractivity contribution >= 4 is 28.4 Å². The van der Waals surface area contributed by atoms with Crippen LogP contribution < -0.4 is 10.1 Å². The van der Waals surface area contributed by atoms with E-state index in [4.69, 9.17) is 21.3 Å². The van der Waals surface area contributed by atoms with Gasteiger partial charge < -0.3 is 15.0 Å². The van der Waals surface area contributed by atoms with Crippen molar-refractivity contribution < 1.29 is 13.9 Å². The van der Waals surface area contributed by atoms with Gasteiger partial charge in [0, 0.05) is 29.1 Å². The number of amides is 1. The second-order valence-corrected chi connectivity index (χ2v) is 10.5. The lowest BCUT2D eigenvalue weighted by molar-refractivity contribution is -0.120. The van der Waals surface area contributed by atoms with Gasteiger partial charge in [0.05, 0.1) is 22.7 Å². The topological polar surface area (TPSA) is 54.5 Å². The number of nitrogens with one attached hydrogen (secondary N) is 1. The molecule has 7 heteroatoms. The van der Waals surface area contributed by atoms with E-state index >= 15 is 0 Å². The van der Waals surface area contributed by atoms with E-state index in [-0.39, 0.29) is 29.5 Å². The van der Waals surface area contributed by atoms with Gasteiger partial charge in [-0.25, -0.2) is 9.37 Å². The summed E-state index contributed by atoms with van der Waals surface area (Å²) in [5.41, 5.74) is 2.84. The van der Waals surface area contributed by atoms with Gasteiger partial charge >= 0.3 is 0 Å². The molecule has 0 aliphatic carbocycles. The van der Waals surface area contributed by atoms with E-state index in [0.29, 0.717) is 23.3 Å². The van der Waals surface area contributed by atoms with Gasteiger partial charge in [0.15, 0.2) is 0 Å². The van der Waals surface area contributed by atoms with Crippen molar-refractivity contribution in [3.8, 4) is 17.0 Å². The van der Waals surface area contributed by atoms with Crippen molar-refractivity contribution in [2.75, 3.05) is 7.05 Å². The quantitative estimate of drug-likeness (QED) is 0.472. The third-order valence-corrected chi connectivity index (χ3v) is 7.51. The summed E-state index contributed by atoms with van der Waals surface area (Å²) in [6.45, 7) is 3.85. The van der Waals surface area contributed by atoms with E-state index in [1.807, 2.05) is 38.1 Å². The molecule has 2 saturated heterocycles. The van der Waals surface area contributed by atoms with Crippen LogP contribution in [0.25, 0.3) is 22.2 Å². The highest BCUT2D eigenvalue weighted by Crippen LogP contribution is 2.37. The third-order valence-electron chi connectivity index (χ3n) is 7.22. The van der Waals surface area contributed by atoms with Crippen LogP contribution in [0.4, 0.5) is 4.39 Å². The maximum Gasteiger partial charge on any atom is 0.224 e. The molecule has 2 unspecified atom stereocenters. The number of benzene rings is 2. The van der Waals surface area contributed by atoms with Gasteiger partial charge in [0.25, 0.3) is 0 Å². The molecule has 1 amide bonds. The van der Waals surface area contributed by atoms with Crippen LogP contribution in [0.5, 0.6) is 5.75 Å². The number of carbonyl (C=O) groups excluding carboxylic acids is 1. The van der Waals surface area contributed by atoms with E-state index in [1.165, 1.54) is 18.9 Å². The summed E-state index contributed by atoms with van der Waals surface area (Å²) < 4.78 is 20.2. The molecule has 2 aromatic carbocycles. The molecule has 1 N–H and O–H groups in total. The molecule has 0 radical (unpaired) electrons. The normalized spacial score (nSPS) is 22.1. The van der Waals surface area contributed by atoms with Crippen LogP contribution in [0.2, 0.25) is 5.02 Å². The van der Waals surface area contributed by atoms with Crippen molar-refractivity contribution in [3.63, 3.8) is 0 Å². The molecule has 2 atom stereocenters. The molecule has 1 aromatic heterocycles. The number of aromatic nitrogens is 1. The smallest absolute Gasteiger partial charge is 0.224 e. The summed E-state index contributed by atoms with van der Waals surface area (Å²) in [5.74, 6) is 0.243. The highest BCUT2D eigenvalue weighted by atomic mass is 35.5. The Balaban J connectivity index is 1.47. The number of fused-ring (bicyclic) bond motifs is 3. The van der Waals surface area contributed by atoms with Crippen molar-refractivity contribution in [1.82, 2.24) is 15.2 Å². The van der Waals surface area contributed by atoms with Crippen molar-refractivity contribution in [2.24, 2.45) is 0 Å². The summed E-state index contributed by atoms with van der Waals surface area (Å²) in [5, 5.41) is 3.87. The predicted molar refractivity (Wildman–Crippen MR) is 137 cm³/mol. The average molecular weight is 496 g/mol. The molecule has 0 saturated carbocycles. The summed E-state index contributed by atoms with van der Waals surface area (Å²) in [4.78, 5) is 20.0. The lowest BCUT2D eigenvalue weighted by atomic mass is 9.99. The Bertz CT molecular complexity index is 1250. The average Bonchev–Trinajstić information content (AvgIpc) is 3.00. The Morgan fingerprint density at radius 1 is 1.17 bits per heavy atom. The van der Waals surface area contributed by atoms with E-state index in [1.54, 1.807) is 12.1 Å². The van der Waals surface area contributed by atoms with Crippen LogP contribution >= 0.6 is 11.6 Å². The number of halogens is 2. The number of carbonyl (C=O) groups is 1. The SMILES string of the molecule is CC(C)NC(=O)Cc1cc2cc(OC3CC4CCC(C3)N4C)ccc2nc1-c1ccc(F)c(Cl)c1. The molecule has 2 bridgehead atoms. The Hall–Kier alpha value is -2.70. The Kier molecular flexibility index (Phi) is 6.69. The van der Waals surface area contributed by atoms with Crippen LogP contribution in [0.1, 0.15) is 45.1 Å². The molecule has 2 fully saturated rings. The van der Waals surface area contributed by atoms with Gasteiger partial charge in [-0.15, -0.1) is 0 Å². The second-order valence-electron chi connectivity index (χ2n) is 10.1. The van der Waals surface area contributed by atoms with Crippen LogP contribution in [-0.2, 0) is 11.2 Å². The van der Waals surface area contributed by atoms with Gasteiger partial charge in [0.2, 0.25) is 5.91 Å². The number of hydrogen-bond donors (Lipinski definition) is 1. The maximum absolute atomic E-state index is 13.8. The minimum atomic E-state index is -0.487. The van der Waals surface area contributed by atoms with E-state index in [9.17, 15) is 9.18 Å². The minimum absolute atomic E-state index is 0.0258. The molecule has 184 valence electrons. The van der Waals surface area contributed by atoms with Crippen molar-refractivity contribution in [2.45, 2.75) is 70.2 Å². The molecular formula is C28H31ClFN3O2. The number of nitrogens with zero attached hydrogens (tertiary/aromatic N) is 2. The summed E-state index contributed by atoms with van der Waals surface area (Å²) >= 11 is 6.05. The van der Waals surface area contributed by atoms with Crippen LogP contribution in [0, 0.1) is 5.82 Å². The van der Waals surface area contributed by atoms with Gasteiger partial charge in [-0.1, -0.05) is 11.6 Å². The number of rotatable bonds is 6. The minimum Gasteiger partial charge on any atom is -0.490 e. The van der Waals surface area contributed by atoms with Gasteiger partial charge in [-0.05, 0) is 94.6 Å². The fourth-order valence-corrected chi connectivity index (χ4v) is 5.68. The van der Waals surface area contributed by atoms with Crippen LogP contribution in [-0.4, -0.2) is 47.1 Å². The van der Waals surface area contributed by atoms with E-state index < -0.39 is 5.82 Å². The highest BCUT2D eigenvalue weighted by molar-refractivity contribution is 6.31. The zero-order valence-corrected chi connectivity index (χ0v) is 21.1. The summed E-state index contributed by atoms with van der Waals surface area (Å²) in [6.07, 6.45) is 4.98. The molecule has 3 aromatic rings. The Morgan fingerprint density at radius 2 is 1.91 bits per heavy atom. The highest BCUT2D eigenvalue weighted by Gasteiger charge is 2.39. The first-order chi connectivity index (χ1) is 16.8. The Morgan fingerprint density at radius 3 is 2.60 bits per heavy atom. The van der Waals surface area contributed by atoms with Crippen LogP contribution in [0.3, 0.4) is 0 Å². The lowest BCUT2D eigenvalue weighted by Gasteiger charge is -2.36. The van der Waals surface area contributed by atoms with E-state index in [0.717, 1.165) is 35.1 Å². The third kappa shape index (κ3) is 5.14. The summed E-state index contributed by atoms with van der Waals surface area (Å²) in [7, 11) is 2.23. The zero-order chi connectivity index (χ0) is 24.7. The predicted octanol–water partition coefficient (Wildman–Crippen LogP) is 5.77. The van der Waals surface area contributed by atoms with Crippen molar-refractivity contribution in [1.29, 1.82) is 0 Å². The fourth-order valence-electron chi connectivity index (χ4n) is 5.50. The number of piperidine rings is 1. The molecule has 35 heavy (non-hydrogen) atoms. The largest absolute Gasteiger partial charge is 0.490 e. The van der Waals surface area contributed by atoms with Gasteiger partial charge in [-0.3, -0.25) is 4.79 Å². The molecule has 2 aliphatic rings. The molecular weight excluding hydrogens is 465 g/mol. The fraction of sp³-hybridized carbons (Fsp3) is 0.429. The van der Waals surface area contributed by atoms with Gasteiger partial charge in [-0.2, -0.15) is 0 Å². The van der Waals surface area contributed by atoms with Gasteiger partial charge in [0.1, 0.15) is 17.7 Å². The first kappa shape index (κ1) is 24.0. The second kappa shape index (κ2) is 9.75. The molecule has 2 aliphatic heterocycles. The number of ether oxygens (including phenoxy) is 1. The van der Waals surface area contributed by atoms with Crippen molar-refractivity contribution in [3.05, 3.63) is 58.9 Å². The molecule has 0 spiro atoms. The number of pyridine rings is 1. The summed E-state index contributed by atoms with van der Waals surface area (Å²) in [6, 6.07) is 13.7. The Labute approximate surface area is 210 Å².